The van der Waals surface area contributed by atoms with E-state index in [1.807, 2.05) is 0 Å². The Kier molecular flexibility index (Phi) is 4.71. The van der Waals surface area contributed by atoms with Crippen LogP contribution in [0.5, 0.6) is 0 Å². The molecule has 4 nitrogen and oxygen atoms in total. The molecule has 3 rings (SSSR count). The van der Waals surface area contributed by atoms with Gasteiger partial charge in [0.2, 0.25) is 0 Å². The zero-order valence-corrected chi connectivity index (χ0v) is 14.5. The van der Waals surface area contributed by atoms with Crippen LogP contribution in [0.25, 0.3) is 6.08 Å². The van der Waals surface area contributed by atoms with Crippen molar-refractivity contribution in [2.45, 2.75) is 0 Å². The van der Waals surface area contributed by atoms with Crippen molar-refractivity contribution in [1.82, 2.24) is 0 Å². The van der Waals surface area contributed by atoms with Crippen molar-refractivity contribution in [1.29, 1.82) is 0 Å². The second-order valence-corrected chi connectivity index (χ2v) is 7.02. The number of hydrogen-bond acceptors (Lipinski definition) is 5. The monoisotopic (exact) mass is 374 g/mol. The van der Waals surface area contributed by atoms with Crippen LogP contribution in [0.4, 0.5) is 5.69 Å². The smallest absolute Gasteiger partial charge is 0.270 e. The van der Waals surface area contributed by atoms with Gasteiger partial charge in [-0.1, -0.05) is 59.8 Å². The first-order chi connectivity index (χ1) is 11.5. The van der Waals surface area contributed by atoms with Gasteiger partial charge in [0.1, 0.15) is 0 Å². The minimum absolute atomic E-state index is 0.0501. The predicted octanol–water partition coefficient (Wildman–Crippen LogP) is 3.11. The average Bonchev–Trinajstić information content (AvgIpc) is 2.81. The first-order valence-electron chi connectivity index (χ1n) is 6.80. The van der Waals surface area contributed by atoms with E-state index < -0.39 is 5.97 Å². The summed E-state index contributed by atoms with van der Waals surface area (Å²) in [6.45, 7) is 0. The molecule has 24 heavy (non-hydrogen) atoms. The Balaban J connectivity index is 1.94. The quantitative estimate of drug-likeness (QED) is 0.610. The average molecular weight is 375 g/mol. The number of thioether (sulfide) groups is 1. The number of carboxylic acid groups (broad SMARTS) is 1. The molecule has 0 aromatic heterocycles. The summed E-state index contributed by atoms with van der Waals surface area (Å²) in [6.07, 6.45) is 1.61. The van der Waals surface area contributed by atoms with Crippen LogP contribution >= 0.6 is 35.6 Å². The maximum absolute atomic E-state index is 12.6. The van der Waals surface area contributed by atoms with Crippen molar-refractivity contribution < 1.29 is 14.7 Å². The van der Waals surface area contributed by atoms with Crippen LogP contribution in [0.2, 0.25) is 5.02 Å². The maximum Gasteiger partial charge on any atom is 0.270 e. The van der Waals surface area contributed by atoms with Gasteiger partial charge in [-0.3, -0.25) is 9.69 Å². The molecule has 0 radical (unpaired) electrons. The molecule has 1 aliphatic rings. The number of carboxylic acids is 1. The third-order valence-electron chi connectivity index (χ3n) is 3.28. The van der Waals surface area contributed by atoms with Crippen molar-refractivity contribution in [2.75, 3.05) is 4.90 Å². The zero-order valence-electron chi connectivity index (χ0n) is 12.1. The number of thiocarbonyl (C=S) groups is 1. The second-order valence-electron chi connectivity index (χ2n) is 4.91. The third kappa shape index (κ3) is 3.36. The minimum atomic E-state index is -1.27. The number of nitrogens with zero attached hydrogens (tertiary/aromatic N) is 1. The van der Waals surface area contributed by atoms with Crippen LogP contribution in [0.3, 0.4) is 0 Å². The van der Waals surface area contributed by atoms with Crippen LogP contribution in [0.1, 0.15) is 15.9 Å². The van der Waals surface area contributed by atoms with Crippen molar-refractivity contribution >= 4 is 63.5 Å². The molecule has 1 aliphatic heterocycles. The van der Waals surface area contributed by atoms with Crippen LogP contribution < -0.4 is 10.0 Å². The van der Waals surface area contributed by atoms with Gasteiger partial charge in [-0.2, -0.15) is 0 Å². The van der Waals surface area contributed by atoms with Crippen LogP contribution in [-0.2, 0) is 4.79 Å². The SMILES string of the molecule is O=C([O-])c1cccc(/C=C2/SC(=S)N(c3cccc(Cl)c3)C2=O)c1. The molecule has 0 atom stereocenters. The van der Waals surface area contributed by atoms with Crippen molar-refractivity contribution in [3.63, 3.8) is 0 Å². The molecule has 120 valence electrons. The minimum Gasteiger partial charge on any atom is -0.545 e. The van der Waals surface area contributed by atoms with Gasteiger partial charge in [-0.25, -0.2) is 0 Å². The highest BCUT2D eigenvalue weighted by molar-refractivity contribution is 8.27. The van der Waals surface area contributed by atoms with Crippen LogP contribution in [0.15, 0.2) is 53.4 Å². The molecule has 7 heteroatoms. The van der Waals surface area contributed by atoms with Gasteiger partial charge in [0.15, 0.2) is 4.32 Å². The summed E-state index contributed by atoms with van der Waals surface area (Å²) in [4.78, 5) is 25.4. The van der Waals surface area contributed by atoms with Crippen molar-refractivity contribution in [2.24, 2.45) is 0 Å². The summed E-state index contributed by atoms with van der Waals surface area (Å²) < 4.78 is 0.393. The van der Waals surface area contributed by atoms with Gasteiger partial charge >= 0.3 is 0 Å². The Hall–Kier alpha value is -2.15. The Morgan fingerprint density at radius 1 is 1.21 bits per heavy atom. The molecule has 0 saturated carbocycles. The fourth-order valence-corrected chi connectivity index (χ4v) is 3.70. The highest BCUT2D eigenvalue weighted by atomic mass is 35.5. The van der Waals surface area contributed by atoms with Crippen LogP contribution in [-0.4, -0.2) is 16.2 Å². The van der Waals surface area contributed by atoms with Crippen molar-refractivity contribution in [3.8, 4) is 0 Å². The number of halogens is 1. The van der Waals surface area contributed by atoms with E-state index in [0.29, 0.717) is 25.5 Å². The summed E-state index contributed by atoms with van der Waals surface area (Å²) in [5.41, 5.74) is 1.23. The molecule has 2 aromatic rings. The van der Waals surface area contributed by atoms with E-state index in [4.69, 9.17) is 23.8 Å². The third-order valence-corrected chi connectivity index (χ3v) is 4.82. The largest absolute Gasteiger partial charge is 0.545 e. The van der Waals surface area contributed by atoms with Crippen LogP contribution in [0, 0.1) is 0 Å². The van der Waals surface area contributed by atoms with E-state index in [1.165, 1.54) is 17.0 Å². The van der Waals surface area contributed by atoms with E-state index in [-0.39, 0.29) is 11.5 Å². The number of amides is 1. The Bertz CT molecular complexity index is 895. The van der Waals surface area contributed by atoms with E-state index in [1.54, 1.807) is 42.5 Å². The second kappa shape index (κ2) is 6.76. The Morgan fingerprint density at radius 2 is 1.96 bits per heavy atom. The molecule has 1 fully saturated rings. The van der Waals surface area contributed by atoms with Gasteiger partial charge < -0.3 is 9.90 Å². The van der Waals surface area contributed by atoms with Gasteiger partial charge in [0.25, 0.3) is 5.91 Å². The van der Waals surface area contributed by atoms with E-state index in [2.05, 4.69) is 0 Å². The summed E-state index contributed by atoms with van der Waals surface area (Å²) in [5.74, 6) is -1.54. The van der Waals surface area contributed by atoms with Crippen molar-refractivity contribution in [3.05, 3.63) is 69.6 Å². The van der Waals surface area contributed by atoms with E-state index in [9.17, 15) is 14.7 Å². The molecule has 0 aliphatic carbocycles. The number of carbonyl (C=O) groups excluding carboxylic acids is 2. The lowest BCUT2D eigenvalue weighted by atomic mass is 10.1. The first kappa shape index (κ1) is 16.7. The van der Waals surface area contributed by atoms with E-state index in [0.717, 1.165) is 11.8 Å². The molecule has 0 unspecified atom stereocenters. The first-order valence-corrected chi connectivity index (χ1v) is 8.41. The van der Waals surface area contributed by atoms with Gasteiger partial charge in [0.05, 0.1) is 16.6 Å². The molecule has 1 heterocycles. The highest BCUT2D eigenvalue weighted by Crippen LogP contribution is 2.36. The lowest BCUT2D eigenvalue weighted by Crippen LogP contribution is -2.27. The number of carbonyl (C=O) groups is 2. The standard InChI is InChI=1S/C17H10ClNO3S2/c18-12-5-2-6-13(9-12)19-15(20)14(24-17(19)23)8-10-3-1-4-11(7-10)16(21)22/h1-9H,(H,21,22)/p-1/b14-8+. The molecular formula is C17H9ClNO3S2-. The molecule has 1 amide bonds. The molecule has 2 aromatic carbocycles. The van der Waals surface area contributed by atoms with E-state index >= 15 is 0 Å². The zero-order chi connectivity index (χ0) is 17.3. The Labute approximate surface area is 152 Å². The number of aromatic carboxylic acids is 1. The number of hydrogen-bond donors (Lipinski definition) is 0. The summed E-state index contributed by atoms with van der Waals surface area (Å²) in [6, 6.07) is 13.0. The topological polar surface area (TPSA) is 60.4 Å². The maximum atomic E-state index is 12.6. The lowest BCUT2D eigenvalue weighted by Gasteiger charge is -2.14. The van der Waals surface area contributed by atoms with Gasteiger partial charge in [0, 0.05) is 5.02 Å². The fraction of sp³-hybridized carbons (Fsp3) is 0. The molecule has 0 spiro atoms. The summed E-state index contributed by atoms with van der Waals surface area (Å²) in [7, 11) is 0. The number of rotatable bonds is 3. The fourth-order valence-electron chi connectivity index (χ4n) is 2.21. The molecule has 0 bridgehead atoms. The summed E-state index contributed by atoms with van der Waals surface area (Å²) >= 11 is 12.4. The highest BCUT2D eigenvalue weighted by Gasteiger charge is 2.33. The normalized spacial score (nSPS) is 16.0. The molecule has 0 N–H and O–H groups in total. The molecular weight excluding hydrogens is 366 g/mol. The number of anilines is 1. The predicted molar refractivity (Wildman–Crippen MR) is 97.9 cm³/mol. The number of benzene rings is 2. The molecule has 1 saturated heterocycles. The lowest BCUT2D eigenvalue weighted by molar-refractivity contribution is -0.255. The van der Waals surface area contributed by atoms with Gasteiger partial charge in [-0.05, 0) is 41.5 Å². The summed E-state index contributed by atoms with van der Waals surface area (Å²) in [5, 5.41) is 11.4. The van der Waals surface area contributed by atoms with Gasteiger partial charge in [-0.15, -0.1) is 0 Å². The Morgan fingerprint density at radius 3 is 2.67 bits per heavy atom.